The first-order valence-electron chi connectivity index (χ1n) is 6.54. The second-order valence-electron chi connectivity index (χ2n) is 3.96. The van der Waals surface area contributed by atoms with E-state index in [2.05, 4.69) is 22.2 Å². The van der Waals surface area contributed by atoms with Crippen molar-refractivity contribution in [3.63, 3.8) is 0 Å². The van der Waals surface area contributed by atoms with Gasteiger partial charge >= 0.3 is 0 Å². The third-order valence-electron chi connectivity index (χ3n) is 2.54. The number of rotatable bonds is 10. The van der Waals surface area contributed by atoms with Crippen molar-refractivity contribution in [3.8, 4) is 5.88 Å². The Morgan fingerprint density at radius 3 is 2.63 bits per heavy atom. The Hall–Kier alpha value is -1.40. The van der Waals surface area contributed by atoms with Gasteiger partial charge in [-0.3, -0.25) is 0 Å². The molecule has 0 saturated heterocycles. The van der Waals surface area contributed by atoms with E-state index in [4.69, 9.17) is 14.2 Å². The molecule has 19 heavy (non-hydrogen) atoms. The van der Waals surface area contributed by atoms with E-state index in [0.29, 0.717) is 32.3 Å². The largest absolute Gasteiger partial charge is 0.475 e. The zero-order valence-electron chi connectivity index (χ0n) is 11.9. The summed E-state index contributed by atoms with van der Waals surface area (Å²) in [7, 11) is 3.50. The van der Waals surface area contributed by atoms with Crippen LogP contribution >= 0.6 is 0 Å². The van der Waals surface area contributed by atoms with E-state index in [1.807, 2.05) is 7.05 Å². The van der Waals surface area contributed by atoms with Crippen LogP contribution in [0.2, 0.25) is 0 Å². The molecule has 0 aliphatic heterocycles. The molecule has 0 amide bonds. The molecule has 0 aliphatic rings. The Kier molecular flexibility index (Phi) is 7.84. The normalized spacial score (nSPS) is 10.5. The summed E-state index contributed by atoms with van der Waals surface area (Å²) in [6.45, 7) is 4.28. The van der Waals surface area contributed by atoms with Crippen LogP contribution in [0.25, 0.3) is 0 Å². The van der Waals surface area contributed by atoms with Crippen molar-refractivity contribution in [1.29, 1.82) is 0 Å². The van der Waals surface area contributed by atoms with Crippen LogP contribution in [0, 0.1) is 0 Å². The summed E-state index contributed by atoms with van der Waals surface area (Å²) in [5, 5.41) is 3.06. The van der Waals surface area contributed by atoms with E-state index in [1.165, 1.54) is 6.33 Å². The smallest absolute Gasteiger partial charge is 0.221 e. The third-order valence-corrected chi connectivity index (χ3v) is 2.54. The monoisotopic (exact) mass is 269 g/mol. The van der Waals surface area contributed by atoms with E-state index in [1.54, 1.807) is 7.11 Å². The van der Waals surface area contributed by atoms with Gasteiger partial charge in [-0.2, -0.15) is 0 Å². The van der Waals surface area contributed by atoms with Gasteiger partial charge in [0.25, 0.3) is 0 Å². The number of hydrogen-bond acceptors (Lipinski definition) is 6. The number of aromatic nitrogens is 2. The molecule has 6 nitrogen and oxygen atoms in total. The van der Waals surface area contributed by atoms with Crippen LogP contribution in [-0.2, 0) is 15.9 Å². The summed E-state index contributed by atoms with van der Waals surface area (Å²) in [5.41, 5.74) is 1.02. The molecule has 0 saturated carbocycles. The number of ether oxygens (including phenoxy) is 3. The number of hydrogen-bond donors (Lipinski definition) is 1. The average Bonchev–Trinajstić information content (AvgIpc) is 2.44. The van der Waals surface area contributed by atoms with E-state index in [-0.39, 0.29) is 0 Å². The Labute approximate surface area is 114 Å². The zero-order chi connectivity index (χ0) is 13.9. The lowest BCUT2D eigenvalue weighted by Gasteiger charge is -2.12. The summed E-state index contributed by atoms with van der Waals surface area (Å²) >= 11 is 0. The first-order chi connectivity index (χ1) is 9.33. The molecule has 1 heterocycles. The van der Waals surface area contributed by atoms with Crippen LogP contribution in [-0.4, -0.2) is 50.6 Å². The molecule has 1 aromatic rings. The van der Waals surface area contributed by atoms with Crippen LogP contribution in [0.15, 0.2) is 6.33 Å². The van der Waals surface area contributed by atoms with E-state index in [0.717, 1.165) is 24.2 Å². The summed E-state index contributed by atoms with van der Waals surface area (Å²) < 4.78 is 15.9. The van der Waals surface area contributed by atoms with E-state index in [9.17, 15) is 0 Å². The van der Waals surface area contributed by atoms with Gasteiger partial charge in [0.15, 0.2) is 0 Å². The average molecular weight is 269 g/mol. The second kappa shape index (κ2) is 9.52. The third kappa shape index (κ3) is 5.40. The van der Waals surface area contributed by atoms with Gasteiger partial charge < -0.3 is 19.5 Å². The van der Waals surface area contributed by atoms with Crippen LogP contribution in [0.5, 0.6) is 5.88 Å². The number of anilines is 1. The van der Waals surface area contributed by atoms with Crippen LogP contribution in [0.4, 0.5) is 5.82 Å². The molecule has 1 aromatic heterocycles. The molecule has 1 rings (SSSR count). The fourth-order valence-corrected chi connectivity index (χ4v) is 1.65. The molecule has 0 spiro atoms. The first kappa shape index (κ1) is 15.7. The maximum atomic E-state index is 5.66. The Bertz CT molecular complexity index is 361. The SMILES string of the molecule is CCCc1c(NC)ncnc1OCCOCCOC. The van der Waals surface area contributed by atoms with Crippen LogP contribution in [0.3, 0.4) is 0 Å². The fourth-order valence-electron chi connectivity index (χ4n) is 1.65. The van der Waals surface area contributed by atoms with Crippen molar-refractivity contribution in [2.75, 3.05) is 45.9 Å². The Morgan fingerprint density at radius 1 is 1.16 bits per heavy atom. The highest BCUT2D eigenvalue weighted by Crippen LogP contribution is 2.22. The van der Waals surface area contributed by atoms with Crippen molar-refractivity contribution >= 4 is 5.82 Å². The maximum Gasteiger partial charge on any atom is 0.221 e. The highest BCUT2D eigenvalue weighted by molar-refractivity contribution is 5.48. The summed E-state index contributed by atoms with van der Waals surface area (Å²) in [4.78, 5) is 8.38. The standard InChI is InChI=1S/C13H23N3O3/c1-4-5-11-12(14-2)15-10-16-13(11)19-9-8-18-7-6-17-3/h10H,4-9H2,1-3H3,(H,14,15,16). The van der Waals surface area contributed by atoms with Gasteiger partial charge in [-0.1, -0.05) is 13.3 Å². The lowest BCUT2D eigenvalue weighted by molar-refractivity contribution is 0.0535. The van der Waals surface area contributed by atoms with Gasteiger partial charge in [-0.25, -0.2) is 9.97 Å². The minimum Gasteiger partial charge on any atom is -0.475 e. The highest BCUT2D eigenvalue weighted by atomic mass is 16.5. The minimum absolute atomic E-state index is 0.473. The molecule has 108 valence electrons. The fraction of sp³-hybridized carbons (Fsp3) is 0.692. The van der Waals surface area contributed by atoms with Gasteiger partial charge in [-0.15, -0.1) is 0 Å². The van der Waals surface area contributed by atoms with Gasteiger partial charge in [0.1, 0.15) is 18.8 Å². The van der Waals surface area contributed by atoms with Crippen molar-refractivity contribution in [1.82, 2.24) is 9.97 Å². The molecule has 0 radical (unpaired) electrons. The van der Waals surface area contributed by atoms with Crippen molar-refractivity contribution in [2.45, 2.75) is 19.8 Å². The Morgan fingerprint density at radius 2 is 1.95 bits per heavy atom. The van der Waals surface area contributed by atoms with Gasteiger partial charge in [0.2, 0.25) is 5.88 Å². The molecule has 1 N–H and O–H groups in total. The van der Waals surface area contributed by atoms with Crippen LogP contribution < -0.4 is 10.1 Å². The molecule has 0 atom stereocenters. The topological polar surface area (TPSA) is 65.5 Å². The minimum atomic E-state index is 0.473. The molecule has 0 fully saturated rings. The molecule has 0 aromatic carbocycles. The predicted octanol–water partition coefficient (Wildman–Crippen LogP) is 1.51. The van der Waals surface area contributed by atoms with Gasteiger partial charge in [-0.05, 0) is 6.42 Å². The number of methoxy groups -OCH3 is 1. The quantitative estimate of drug-likeness (QED) is 0.650. The summed E-state index contributed by atoms with van der Waals surface area (Å²) in [5.74, 6) is 1.46. The van der Waals surface area contributed by atoms with E-state index >= 15 is 0 Å². The van der Waals surface area contributed by atoms with Crippen molar-refractivity contribution in [3.05, 3.63) is 11.9 Å². The summed E-state index contributed by atoms with van der Waals surface area (Å²) in [6.07, 6.45) is 3.41. The number of nitrogens with zero attached hydrogens (tertiary/aromatic N) is 2. The second-order valence-corrected chi connectivity index (χ2v) is 3.96. The van der Waals surface area contributed by atoms with E-state index < -0.39 is 0 Å². The van der Waals surface area contributed by atoms with Gasteiger partial charge in [0.05, 0.1) is 25.4 Å². The number of nitrogens with one attached hydrogen (secondary N) is 1. The lowest BCUT2D eigenvalue weighted by Crippen LogP contribution is -2.12. The molecule has 0 aliphatic carbocycles. The highest BCUT2D eigenvalue weighted by Gasteiger charge is 2.10. The summed E-state index contributed by atoms with van der Waals surface area (Å²) in [6, 6.07) is 0. The lowest BCUT2D eigenvalue weighted by atomic mass is 10.2. The molecule has 0 bridgehead atoms. The zero-order valence-corrected chi connectivity index (χ0v) is 11.9. The molecular formula is C13H23N3O3. The maximum absolute atomic E-state index is 5.66. The Balaban J connectivity index is 2.47. The molecule has 0 unspecified atom stereocenters. The predicted molar refractivity (Wildman–Crippen MR) is 73.8 cm³/mol. The van der Waals surface area contributed by atoms with Gasteiger partial charge in [0, 0.05) is 14.2 Å². The molecule has 6 heteroatoms. The van der Waals surface area contributed by atoms with Crippen molar-refractivity contribution in [2.24, 2.45) is 0 Å². The first-order valence-corrected chi connectivity index (χ1v) is 6.54. The van der Waals surface area contributed by atoms with Crippen LogP contribution in [0.1, 0.15) is 18.9 Å². The van der Waals surface area contributed by atoms with Crippen molar-refractivity contribution < 1.29 is 14.2 Å². The molecular weight excluding hydrogens is 246 g/mol.